The Hall–Kier alpha value is -0.540. The molecule has 0 saturated carbocycles. The predicted molar refractivity (Wildman–Crippen MR) is 93.6 cm³/mol. The van der Waals surface area contributed by atoms with E-state index in [0.29, 0.717) is 6.04 Å². The van der Waals surface area contributed by atoms with E-state index in [9.17, 15) is 0 Å². The molecule has 114 valence electrons. The molecule has 0 aliphatic rings. The number of hydrogen-bond acceptors (Lipinski definition) is 2. The maximum absolute atomic E-state index is 3.73. The summed E-state index contributed by atoms with van der Waals surface area (Å²) in [5.41, 5.74) is 2.76. The Kier molecular flexibility index (Phi) is 6.53. The molecule has 1 atom stereocenters. The van der Waals surface area contributed by atoms with Crippen LogP contribution in [0.2, 0.25) is 0 Å². The minimum Gasteiger partial charge on any atom is -0.369 e. The fourth-order valence-electron chi connectivity index (χ4n) is 2.13. The van der Waals surface area contributed by atoms with E-state index in [-0.39, 0.29) is 5.54 Å². The normalized spacial score (nSPS) is 13.3. The lowest BCUT2D eigenvalue weighted by atomic mass is 9.98. The van der Waals surface area contributed by atoms with Gasteiger partial charge in [0.2, 0.25) is 0 Å². The van der Waals surface area contributed by atoms with Gasteiger partial charge in [0.15, 0.2) is 0 Å². The largest absolute Gasteiger partial charge is 0.369 e. The standard InChI is InChI=1S/C17H29BrN2/c1-7-11-19-13(3)15-10-9-14(12-16(15)18)20(6)17(4,5)8-2/h9-10,12-13,19H,7-8,11H2,1-6H3. The van der Waals surface area contributed by atoms with E-state index in [2.05, 4.69) is 86.0 Å². The predicted octanol–water partition coefficient (Wildman–Crippen LogP) is 5.13. The molecule has 20 heavy (non-hydrogen) atoms. The average molecular weight is 341 g/mol. The molecule has 0 amide bonds. The Labute approximate surface area is 133 Å². The Morgan fingerprint density at radius 3 is 2.45 bits per heavy atom. The summed E-state index contributed by atoms with van der Waals surface area (Å²) in [4.78, 5) is 2.35. The fraction of sp³-hybridized carbons (Fsp3) is 0.647. The Bertz CT molecular complexity index is 429. The first-order valence-corrected chi connectivity index (χ1v) is 8.39. The molecule has 1 aromatic carbocycles. The van der Waals surface area contributed by atoms with Crippen molar-refractivity contribution in [3.63, 3.8) is 0 Å². The van der Waals surface area contributed by atoms with Crippen LogP contribution in [0.5, 0.6) is 0 Å². The van der Waals surface area contributed by atoms with Crippen molar-refractivity contribution >= 4 is 21.6 Å². The molecule has 0 aliphatic heterocycles. The zero-order chi connectivity index (χ0) is 15.3. The van der Waals surface area contributed by atoms with Crippen molar-refractivity contribution in [3.8, 4) is 0 Å². The van der Waals surface area contributed by atoms with Gasteiger partial charge in [-0.3, -0.25) is 0 Å². The quantitative estimate of drug-likeness (QED) is 0.739. The average Bonchev–Trinajstić information content (AvgIpc) is 2.43. The van der Waals surface area contributed by atoms with E-state index in [0.717, 1.165) is 19.4 Å². The van der Waals surface area contributed by atoms with Crippen molar-refractivity contribution in [1.29, 1.82) is 0 Å². The molecule has 1 N–H and O–H groups in total. The smallest absolute Gasteiger partial charge is 0.0379 e. The number of hydrogen-bond donors (Lipinski definition) is 1. The number of rotatable bonds is 7. The lowest BCUT2D eigenvalue weighted by Gasteiger charge is -2.37. The molecule has 2 nitrogen and oxygen atoms in total. The lowest BCUT2D eigenvalue weighted by Crippen LogP contribution is -2.40. The molecule has 0 aliphatic carbocycles. The van der Waals surface area contributed by atoms with Gasteiger partial charge >= 0.3 is 0 Å². The van der Waals surface area contributed by atoms with Gasteiger partial charge in [0.05, 0.1) is 0 Å². The minimum absolute atomic E-state index is 0.174. The molecular formula is C17H29BrN2. The fourth-order valence-corrected chi connectivity index (χ4v) is 2.84. The molecule has 0 radical (unpaired) electrons. The summed E-state index contributed by atoms with van der Waals surface area (Å²) in [6, 6.07) is 7.07. The van der Waals surface area contributed by atoms with Crippen molar-refractivity contribution < 1.29 is 0 Å². The summed E-state index contributed by atoms with van der Waals surface area (Å²) >= 11 is 3.73. The van der Waals surface area contributed by atoms with Crippen LogP contribution < -0.4 is 10.2 Å². The summed E-state index contributed by atoms with van der Waals surface area (Å²) < 4.78 is 1.19. The third-order valence-corrected chi connectivity index (χ3v) is 5.00. The third-order valence-electron chi connectivity index (χ3n) is 4.31. The van der Waals surface area contributed by atoms with Gasteiger partial charge in [-0.2, -0.15) is 0 Å². The first-order valence-electron chi connectivity index (χ1n) is 7.60. The van der Waals surface area contributed by atoms with Gasteiger partial charge in [-0.05, 0) is 57.9 Å². The molecule has 0 saturated heterocycles. The zero-order valence-corrected chi connectivity index (χ0v) is 15.3. The third kappa shape index (κ3) is 4.23. The number of benzene rings is 1. The molecule has 1 unspecified atom stereocenters. The number of anilines is 1. The lowest BCUT2D eigenvalue weighted by molar-refractivity contribution is 0.470. The molecule has 0 fully saturated rings. The number of nitrogens with one attached hydrogen (secondary N) is 1. The molecule has 0 spiro atoms. The monoisotopic (exact) mass is 340 g/mol. The van der Waals surface area contributed by atoms with Crippen molar-refractivity contribution in [2.24, 2.45) is 0 Å². The van der Waals surface area contributed by atoms with Crippen molar-refractivity contribution in [1.82, 2.24) is 5.32 Å². The van der Waals surface area contributed by atoms with Gasteiger partial charge < -0.3 is 10.2 Å². The Balaban J connectivity index is 2.93. The van der Waals surface area contributed by atoms with E-state index >= 15 is 0 Å². The van der Waals surface area contributed by atoms with Crippen LogP contribution in [0.15, 0.2) is 22.7 Å². The summed E-state index contributed by atoms with van der Waals surface area (Å²) in [6.07, 6.45) is 2.28. The van der Waals surface area contributed by atoms with E-state index in [4.69, 9.17) is 0 Å². The molecule has 0 aromatic heterocycles. The van der Waals surface area contributed by atoms with Gasteiger partial charge in [0.25, 0.3) is 0 Å². The van der Waals surface area contributed by atoms with Gasteiger partial charge in [-0.1, -0.05) is 35.8 Å². The zero-order valence-electron chi connectivity index (χ0n) is 13.8. The van der Waals surface area contributed by atoms with Crippen LogP contribution in [-0.4, -0.2) is 19.1 Å². The van der Waals surface area contributed by atoms with Crippen LogP contribution in [0.25, 0.3) is 0 Å². The van der Waals surface area contributed by atoms with Gasteiger partial charge in [0, 0.05) is 28.8 Å². The summed E-state index contributed by atoms with van der Waals surface area (Å²) in [6.45, 7) is 12.3. The SMILES string of the molecule is CCCNC(C)c1ccc(N(C)C(C)(C)CC)cc1Br. The molecule has 0 bridgehead atoms. The second kappa shape index (κ2) is 7.46. The van der Waals surface area contributed by atoms with E-state index in [1.165, 1.54) is 15.7 Å². The highest BCUT2D eigenvalue weighted by atomic mass is 79.9. The second-order valence-electron chi connectivity index (χ2n) is 6.11. The number of nitrogens with zero attached hydrogens (tertiary/aromatic N) is 1. The summed E-state index contributed by atoms with van der Waals surface area (Å²) in [5, 5.41) is 3.54. The minimum atomic E-state index is 0.174. The van der Waals surface area contributed by atoms with Crippen molar-refractivity contribution in [2.75, 3.05) is 18.5 Å². The molecule has 3 heteroatoms. The maximum Gasteiger partial charge on any atom is 0.0379 e. The van der Waals surface area contributed by atoms with Crippen LogP contribution >= 0.6 is 15.9 Å². The first kappa shape index (κ1) is 17.5. The molecule has 1 rings (SSSR count). The first-order chi connectivity index (χ1) is 9.33. The molecule has 0 heterocycles. The van der Waals surface area contributed by atoms with Gasteiger partial charge in [-0.25, -0.2) is 0 Å². The van der Waals surface area contributed by atoms with E-state index < -0.39 is 0 Å². The van der Waals surface area contributed by atoms with Crippen LogP contribution in [-0.2, 0) is 0 Å². The maximum atomic E-state index is 3.73. The van der Waals surface area contributed by atoms with Gasteiger partial charge in [-0.15, -0.1) is 0 Å². The Morgan fingerprint density at radius 1 is 1.30 bits per heavy atom. The summed E-state index contributed by atoms with van der Waals surface area (Å²) in [5.74, 6) is 0. The highest BCUT2D eigenvalue weighted by Crippen LogP contribution is 2.31. The van der Waals surface area contributed by atoms with E-state index in [1.54, 1.807) is 0 Å². The van der Waals surface area contributed by atoms with E-state index in [1.807, 2.05) is 0 Å². The van der Waals surface area contributed by atoms with Crippen LogP contribution in [0.3, 0.4) is 0 Å². The second-order valence-corrected chi connectivity index (χ2v) is 6.96. The van der Waals surface area contributed by atoms with Crippen molar-refractivity contribution in [2.45, 2.75) is 59.0 Å². The molecule has 1 aromatic rings. The summed E-state index contributed by atoms with van der Waals surface area (Å²) in [7, 11) is 2.17. The van der Waals surface area contributed by atoms with Crippen LogP contribution in [0, 0.1) is 0 Å². The Morgan fingerprint density at radius 2 is 1.95 bits per heavy atom. The number of halogens is 1. The van der Waals surface area contributed by atoms with Crippen LogP contribution in [0.1, 0.15) is 59.1 Å². The van der Waals surface area contributed by atoms with Crippen LogP contribution in [0.4, 0.5) is 5.69 Å². The molecular weight excluding hydrogens is 312 g/mol. The topological polar surface area (TPSA) is 15.3 Å². The van der Waals surface area contributed by atoms with Gasteiger partial charge in [0.1, 0.15) is 0 Å². The van der Waals surface area contributed by atoms with Crippen molar-refractivity contribution in [3.05, 3.63) is 28.2 Å². The highest BCUT2D eigenvalue weighted by molar-refractivity contribution is 9.10. The highest BCUT2D eigenvalue weighted by Gasteiger charge is 2.22.